The fourth-order valence-corrected chi connectivity index (χ4v) is 6.01. The first kappa shape index (κ1) is 17.7. The van der Waals surface area contributed by atoms with Crippen LogP contribution in [0.25, 0.3) is 10.1 Å². The average Bonchev–Trinajstić information content (AvgIpc) is 3.21. The lowest BCUT2D eigenvalue weighted by Gasteiger charge is -2.24. The van der Waals surface area contributed by atoms with Gasteiger partial charge in [-0.15, -0.1) is 21.5 Å². The zero-order valence-electron chi connectivity index (χ0n) is 15.2. The fraction of sp³-hybridized carbons (Fsp3) is 0.450. The highest BCUT2D eigenvalue weighted by Gasteiger charge is 2.22. The standard InChI is InChI=1S/C20H23N3OS2/c1-13-16-10-6-7-11-18(16)26-19(13)17(24)12-25-20-22-21-14(2)23(20)15-8-4-3-5-9-15/h6-7,10-11,15H,3-5,8-9,12H2,1-2H3. The fourth-order valence-electron chi connectivity index (χ4n) is 3.84. The van der Waals surface area contributed by atoms with E-state index in [-0.39, 0.29) is 5.78 Å². The Morgan fingerprint density at radius 2 is 1.96 bits per heavy atom. The highest BCUT2D eigenvalue weighted by Crippen LogP contribution is 2.34. The van der Waals surface area contributed by atoms with Crippen molar-refractivity contribution in [3.8, 4) is 0 Å². The molecule has 0 spiro atoms. The van der Waals surface area contributed by atoms with Crippen LogP contribution in [0.2, 0.25) is 0 Å². The predicted molar refractivity (Wildman–Crippen MR) is 108 cm³/mol. The normalized spacial score (nSPS) is 15.6. The lowest BCUT2D eigenvalue weighted by atomic mass is 9.95. The molecular formula is C20H23N3OS2. The van der Waals surface area contributed by atoms with Crippen LogP contribution in [-0.2, 0) is 0 Å². The van der Waals surface area contributed by atoms with Gasteiger partial charge in [0, 0.05) is 10.7 Å². The van der Waals surface area contributed by atoms with Crippen molar-refractivity contribution in [3.05, 3.63) is 40.5 Å². The molecule has 1 fully saturated rings. The highest BCUT2D eigenvalue weighted by molar-refractivity contribution is 7.99. The first-order chi connectivity index (χ1) is 12.6. The number of hydrogen-bond donors (Lipinski definition) is 0. The molecule has 3 aromatic rings. The summed E-state index contributed by atoms with van der Waals surface area (Å²) in [5.41, 5.74) is 1.10. The van der Waals surface area contributed by atoms with Gasteiger partial charge >= 0.3 is 0 Å². The van der Waals surface area contributed by atoms with Crippen molar-refractivity contribution in [2.75, 3.05) is 5.75 Å². The van der Waals surface area contributed by atoms with Gasteiger partial charge < -0.3 is 4.57 Å². The summed E-state index contributed by atoms with van der Waals surface area (Å²) in [6, 6.07) is 8.72. The van der Waals surface area contributed by atoms with E-state index in [0.29, 0.717) is 11.8 Å². The number of rotatable bonds is 5. The van der Waals surface area contributed by atoms with E-state index in [0.717, 1.165) is 21.4 Å². The highest BCUT2D eigenvalue weighted by atomic mass is 32.2. The second-order valence-corrected chi connectivity index (χ2v) is 8.95. The molecule has 0 aliphatic heterocycles. The largest absolute Gasteiger partial charge is 0.303 e. The maximum Gasteiger partial charge on any atom is 0.191 e. The summed E-state index contributed by atoms with van der Waals surface area (Å²) in [4.78, 5) is 13.7. The van der Waals surface area contributed by atoms with Crippen molar-refractivity contribution in [1.82, 2.24) is 14.8 Å². The smallest absolute Gasteiger partial charge is 0.191 e. The minimum atomic E-state index is 0.185. The summed E-state index contributed by atoms with van der Waals surface area (Å²) in [6.45, 7) is 4.06. The van der Waals surface area contributed by atoms with Crippen LogP contribution in [0, 0.1) is 13.8 Å². The summed E-state index contributed by atoms with van der Waals surface area (Å²) in [7, 11) is 0. The van der Waals surface area contributed by atoms with E-state index in [1.807, 2.05) is 26.0 Å². The number of fused-ring (bicyclic) bond motifs is 1. The molecule has 4 nitrogen and oxygen atoms in total. The third-order valence-electron chi connectivity index (χ3n) is 5.20. The Labute approximate surface area is 162 Å². The van der Waals surface area contributed by atoms with Crippen molar-refractivity contribution < 1.29 is 4.79 Å². The number of thioether (sulfide) groups is 1. The third kappa shape index (κ3) is 3.32. The van der Waals surface area contributed by atoms with Crippen LogP contribution in [0.5, 0.6) is 0 Å². The van der Waals surface area contributed by atoms with Gasteiger partial charge in [-0.05, 0) is 43.7 Å². The molecule has 0 saturated heterocycles. The van der Waals surface area contributed by atoms with Gasteiger partial charge in [0.1, 0.15) is 5.82 Å². The Kier molecular flexibility index (Phi) is 5.14. The van der Waals surface area contributed by atoms with E-state index in [1.54, 1.807) is 11.3 Å². The Bertz CT molecular complexity index is 938. The number of benzene rings is 1. The monoisotopic (exact) mass is 385 g/mol. The molecular weight excluding hydrogens is 362 g/mol. The molecule has 0 N–H and O–H groups in total. The summed E-state index contributed by atoms with van der Waals surface area (Å²) in [5.74, 6) is 1.56. The topological polar surface area (TPSA) is 47.8 Å². The van der Waals surface area contributed by atoms with E-state index in [4.69, 9.17) is 0 Å². The SMILES string of the molecule is Cc1c(C(=O)CSc2nnc(C)n2C2CCCCC2)sc2ccccc12. The van der Waals surface area contributed by atoms with Crippen LogP contribution in [0.15, 0.2) is 29.4 Å². The van der Waals surface area contributed by atoms with Crippen LogP contribution in [0.4, 0.5) is 0 Å². The van der Waals surface area contributed by atoms with Crippen LogP contribution in [0.1, 0.15) is 59.2 Å². The van der Waals surface area contributed by atoms with Gasteiger partial charge in [-0.25, -0.2) is 0 Å². The number of carbonyl (C=O) groups excluding carboxylic acids is 1. The maximum atomic E-state index is 12.8. The molecule has 4 rings (SSSR count). The van der Waals surface area contributed by atoms with E-state index >= 15 is 0 Å². The number of ketones is 1. The zero-order valence-corrected chi connectivity index (χ0v) is 16.8. The Balaban J connectivity index is 1.52. The predicted octanol–water partition coefficient (Wildman–Crippen LogP) is 5.59. The Morgan fingerprint density at radius 1 is 1.19 bits per heavy atom. The first-order valence-corrected chi connectivity index (χ1v) is 11.0. The van der Waals surface area contributed by atoms with Gasteiger partial charge in [-0.3, -0.25) is 4.79 Å². The Hall–Kier alpha value is -1.66. The number of thiophene rings is 1. The van der Waals surface area contributed by atoms with Crippen LogP contribution >= 0.6 is 23.1 Å². The minimum Gasteiger partial charge on any atom is -0.303 e. The molecule has 1 aromatic carbocycles. The van der Waals surface area contributed by atoms with Crippen molar-refractivity contribution >= 4 is 39.0 Å². The number of Topliss-reactive ketones (excluding diaryl/α,β-unsaturated/α-hetero) is 1. The summed E-state index contributed by atoms with van der Waals surface area (Å²) >= 11 is 3.13. The number of nitrogens with zero attached hydrogens (tertiary/aromatic N) is 3. The molecule has 0 unspecified atom stereocenters. The van der Waals surface area contributed by atoms with E-state index in [1.165, 1.54) is 54.0 Å². The van der Waals surface area contributed by atoms with Gasteiger partial charge in [0.2, 0.25) is 0 Å². The summed E-state index contributed by atoms with van der Waals surface area (Å²) in [5, 5.41) is 10.7. The Morgan fingerprint density at radius 3 is 2.73 bits per heavy atom. The van der Waals surface area contributed by atoms with Gasteiger partial charge in [0.15, 0.2) is 10.9 Å². The molecule has 0 bridgehead atoms. The van der Waals surface area contributed by atoms with E-state index in [2.05, 4.69) is 26.9 Å². The zero-order chi connectivity index (χ0) is 18.1. The van der Waals surface area contributed by atoms with Gasteiger partial charge in [0.05, 0.1) is 10.6 Å². The number of carbonyl (C=O) groups is 1. The maximum absolute atomic E-state index is 12.8. The molecule has 1 saturated carbocycles. The molecule has 2 heterocycles. The number of aromatic nitrogens is 3. The van der Waals surface area contributed by atoms with Crippen molar-refractivity contribution in [2.24, 2.45) is 0 Å². The molecule has 6 heteroatoms. The molecule has 0 radical (unpaired) electrons. The van der Waals surface area contributed by atoms with Crippen LogP contribution in [-0.4, -0.2) is 26.3 Å². The second-order valence-electron chi connectivity index (χ2n) is 6.96. The van der Waals surface area contributed by atoms with E-state index < -0.39 is 0 Å². The average molecular weight is 386 g/mol. The lowest BCUT2D eigenvalue weighted by molar-refractivity contribution is 0.102. The molecule has 1 aliphatic rings. The first-order valence-electron chi connectivity index (χ1n) is 9.21. The third-order valence-corrected chi connectivity index (χ3v) is 7.46. The quantitative estimate of drug-likeness (QED) is 0.424. The molecule has 2 aromatic heterocycles. The molecule has 26 heavy (non-hydrogen) atoms. The minimum absolute atomic E-state index is 0.185. The van der Waals surface area contributed by atoms with Gasteiger partial charge in [-0.1, -0.05) is 49.2 Å². The second kappa shape index (κ2) is 7.53. The summed E-state index contributed by atoms with van der Waals surface area (Å²) < 4.78 is 3.44. The van der Waals surface area contributed by atoms with Gasteiger partial charge in [-0.2, -0.15) is 0 Å². The molecule has 136 valence electrons. The van der Waals surface area contributed by atoms with Crippen LogP contribution in [0.3, 0.4) is 0 Å². The van der Waals surface area contributed by atoms with Gasteiger partial charge in [0.25, 0.3) is 0 Å². The van der Waals surface area contributed by atoms with E-state index in [9.17, 15) is 4.79 Å². The lowest BCUT2D eigenvalue weighted by Crippen LogP contribution is -2.15. The molecule has 0 amide bonds. The van der Waals surface area contributed by atoms with Crippen LogP contribution < -0.4 is 0 Å². The number of aryl methyl sites for hydroxylation is 2. The number of hydrogen-bond acceptors (Lipinski definition) is 5. The van der Waals surface area contributed by atoms with Crippen molar-refractivity contribution in [2.45, 2.75) is 57.1 Å². The van der Waals surface area contributed by atoms with Crippen molar-refractivity contribution in [3.63, 3.8) is 0 Å². The molecule has 0 atom stereocenters. The summed E-state index contributed by atoms with van der Waals surface area (Å²) in [6.07, 6.45) is 6.24. The van der Waals surface area contributed by atoms with Crippen molar-refractivity contribution in [1.29, 1.82) is 0 Å². The molecule has 1 aliphatic carbocycles.